The first-order chi connectivity index (χ1) is 9.78. The molecular formula is C12H16N4O4. The summed E-state index contributed by atoms with van der Waals surface area (Å²) in [5, 5.41) is 12.8. The number of aliphatic hydroxyl groups excluding tert-OH is 1. The summed E-state index contributed by atoms with van der Waals surface area (Å²) in [6, 6.07) is 0.240. The van der Waals surface area contributed by atoms with Crippen molar-refractivity contribution in [3.8, 4) is 23.0 Å². The van der Waals surface area contributed by atoms with Crippen molar-refractivity contribution < 1.29 is 19.3 Å². The van der Waals surface area contributed by atoms with Gasteiger partial charge in [-0.25, -0.2) is 9.67 Å². The molecule has 0 spiro atoms. The predicted molar refractivity (Wildman–Crippen MR) is 69.4 cm³/mol. The van der Waals surface area contributed by atoms with E-state index in [4.69, 9.17) is 19.3 Å². The van der Waals surface area contributed by atoms with Crippen molar-refractivity contribution in [2.24, 2.45) is 0 Å². The molecule has 0 saturated heterocycles. The zero-order chi connectivity index (χ0) is 14.4. The molecule has 2 heterocycles. The number of nitrogens with zero attached hydrogens (tertiary/aromatic N) is 4. The topological polar surface area (TPSA) is 91.5 Å². The molecule has 2 rings (SSSR count). The number of rotatable bonds is 7. The molecule has 0 aliphatic rings. The van der Waals surface area contributed by atoms with Crippen LogP contribution in [-0.4, -0.2) is 52.3 Å². The Morgan fingerprint density at radius 2 is 2.10 bits per heavy atom. The molecule has 1 N–H and O–H groups in total. The SMILES string of the molecule is COc1ncc(-c2cnn(COCCO)c2)c(OC)n1. The van der Waals surface area contributed by atoms with E-state index in [1.807, 2.05) is 0 Å². The Hall–Kier alpha value is -2.19. The predicted octanol–water partition coefficient (Wildman–Crippen LogP) is 0.324. The van der Waals surface area contributed by atoms with Gasteiger partial charge in [0.2, 0.25) is 5.88 Å². The van der Waals surface area contributed by atoms with Crippen LogP contribution in [0.15, 0.2) is 18.6 Å². The first-order valence-electron chi connectivity index (χ1n) is 5.95. The summed E-state index contributed by atoms with van der Waals surface area (Å²) in [6.07, 6.45) is 5.06. The van der Waals surface area contributed by atoms with E-state index in [1.54, 1.807) is 23.3 Å². The summed E-state index contributed by atoms with van der Waals surface area (Å²) < 4.78 is 17.0. The molecule has 0 saturated carbocycles. The highest BCUT2D eigenvalue weighted by Gasteiger charge is 2.12. The summed E-state index contributed by atoms with van der Waals surface area (Å²) in [4.78, 5) is 8.17. The maximum atomic E-state index is 8.65. The molecule has 2 aromatic heterocycles. The van der Waals surface area contributed by atoms with Crippen molar-refractivity contribution >= 4 is 0 Å². The van der Waals surface area contributed by atoms with Crippen LogP contribution in [0.1, 0.15) is 0 Å². The van der Waals surface area contributed by atoms with Gasteiger partial charge >= 0.3 is 6.01 Å². The Labute approximate surface area is 115 Å². The minimum absolute atomic E-state index is 0.0196. The number of aliphatic hydroxyl groups is 1. The fourth-order valence-corrected chi connectivity index (χ4v) is 1.60. The molecule has 0 unspecified atom stereocenters. The number of ether oxygens (including phenoxy) is 3. The Kier molecular flexibility index (Phi) is 4.85. The van der Waals surface area contributed by atoms with Crippen LogP contribution in [-0.2, 0) is 11.5 Å². The molecule has 0 radical (unpaired) electrons. The molecule has 8 nitrogen and oxygen atoms in total. The van der Waals surface area contributed by atoms with E-state index in [0.29, 0.717) is 11.4 Å². The van der Waals surface area contributed by atoms with Crippen LogP contribution < -0.4 is 9.47 Å². The van der Waals surface area contributed by atoms with E-state index in [9.17, 15) is 0 Å². The summed E-state index contributed by atoms with van der Waals surface area (Å²) in [5.74, 6) is 0.410. The molecule has 108 valence electrons. The molecule has 0 fully saturated rings. The molecule has 0 bridgehead atoms. The Morgan fingerprint density at radius 1 is 1.25 bits per heavy atom. The fraction of sp³-hybridized carbons (Fsp3) is 0.417. The highest BCUT2D eigenvalue weighted by Crippen LogP contribution is 2.28. The lowest BCUT2D eigenvalue weighted by Gasteiger charge is -2.06. The van der Waals surface area contributed by atoms with Crippen molar-refractivity contribution in [2.45, 2.75) is 6.73 Å². The van der Waals surface area contributed by atoms with Gasteiger partial charge in [0.15, 0.2) is 0 Å². The normalized spacial score (nSPS) is 10.6. The minimum atomic E-state index is -0.0196. The van der Waals surface area contributed by atoms with Crippen LogP contribution in [0.4, 0.5) is 0 Å². The first-order valence-corrected chi connectivity index (χ1v) is 5.95. The van der Waals surface area contributed by atoms with Crippen LogP contribution in [0, 0.1) is 0 Å². The van der Waals surface area contributed by atoms with Gasteiger partial charge in [-0.3, -0.25) is 0 Å². The Bertz CT molecular complexity index is 558. The largest absolute Gasteiger partial charge is 0.480 e. The van der Waals surface area contributed by atoms with Gasteiger partial charge in [-0.2, -0.15) is 10.1 Å². The Morgan fingerprint density at radius 3 is 2.80 bits per heavy atom. The van der Waals surface area contributed by atoms with E-state index in [0.717, 1.165) is 5.56 Å². The average Bonchev–Trinajstić information content (AvgIpc) is 2.95. The Balaban J connectivity index is 2.18. The van der Waals surface area contributed by atoms with Crippen molar-refractivity contribution in [3.05, 3.63) is 18.6 Å². The van der Waals surface area contributed by atoms with Gasteiger partial charge < -0.3 is 19.3 Å². The summed E-state index contributed by atoms with van der Waals surface area (Å²) in [5.41, 5.74) is 1.51. The second-order valence-electron chi connectivity index (χ2n) is 3.81. The van der Waals surface area contributed by atoms with Gasteiger partial charge in [-0.1, -0.05) is 0 Å². The van der Waals surface area contributed by atoms with E-state index in [1.165, 1.54) is 14.2 Å². The second-order valence-corrected chi connectivity index (χ2v) is 3.81. The summed E-state index contributed by atoms with van der Waals surface area (Å²) >= 11 is 0. The van der Waals surface area contributed by atoms with Crippen LogP contribution in [0.5, 0.6) is 11.9 Å². The first kappa shape index (κ1) is 14.2. The number of aromatic nitrogens is 4. The average molecular weight is 280 g/mol. The van der Waals surface area contributed by atoms with Crippen molar-refractivity contribution in [3.63, 3.8) is 0 Å². The molecule has 20 heavy (non-hydrogen) atoms. The molecule has 0 amide bonds. The third-order valence-electron chi connectivity index (χ3n) is 2.51. The summed E-state index contributed by atoms with van der Waals surface area (Å²) in [7, 11) is 3.02. The van der Waals surface area contributed by atoms with E-state index < -0.39 is 0 Å². The smallest absolute Gasteiger partial charge is 0.319 e. The van der Waals surface area contributed by atoms with Crippen LogP contribution in [0.3, 0.4) is 0 Å². The van der Waals surface area contributed by atoms with Crippen LogP contribution in [0.2, 0.25) is 0 Å². The quantitative estimate of drug-likeness (QED) is 0.730. The molecule has 0 aliphatic heterocycles. The lowest BCUT2D eigenvalue weighted by molar-refractivity contribution is 0.0419. The maximum absolute atomic E-state index is 8.65. The highest BCUT2D eigenvalue weighted by atomic mass is 16.5. The van der Waals surface area contributed by atoms with Gasteiger partial charge in [-0.05, 0) is 0 Å². The van der Waals surface area contributed by atoms with Gasteiger partial charge in [0, 0.05) is 18.0 Å². The van der Waals surface area contributed by atoms with E-state index in [2.05, 4.69) is 15.1 Å². The number of hydrogen-bond donors (Lipinski definition) is 1. The number of hydrogen-bond acceptors (Lipinski definition) is 7. The van der Waals surface area contributed by atoms with Crippen LogP contribution >= 0.6 is 0 Å². The van der Waals surface area contributed by atoms with Gasteiger partial charge in [0.25, 0.3) is 0 Å². The standard InChI is InChI=1S/C12H16N4O4/c1-18-11-10(6-13-12(15-11)19-2)9-5-14-16(7-9)8-20-4-3-17/h5-7,17H,3-4,8H2,1-2H3. The number of methoxy groups -OCH3 is 2. The van der Waals surface area contributed by atoms with Crippen molar-refractivity contribution in [2.75, 3.05) is 27.4 Å². The highest BCUT2D eigenvalue weighted by molar-refractivity contribution is 5.66. The zero-order valence-corrected chi connectivity index (χ0v) is 11.3. The van der Waals surface area contributed by atoms with Crippen LogP contribution in [0.25, 0.3) is 11.1 Å². The van der Waals surface area contributed by atoms with E-state index in [-0.39, 0.29) is 26.0 Å². The second kappa shape index (κ2) is 6.83. The van der Waals surface area contributed by atoms with Crippen molar-refractivity contribution in [1.29, 1.82) is 0 Å². The lowest BCUT2D eigenvalue weighted by atomic mass is 10.2. The van der Waals surface area contributed by atoms with Gasteiger partial charge in [0.05, 0.1) is 39.2 Å². The molecule has 0 aromatic carbocycles. The summed E-state index contributed by atoms with van der Waals surface area (Å²) in [6.45, 7) is 0.512. The van der Waals surface area contributed by atoms with Gasteiger partial charge in [0.1, 0.15) is 6.73 Å². The van der Waals surface area contributed by atoms with E-state index >= 15 is 0 Å². The minimum Gasteiger partial charge on any atom is -0.480 e. The molecule has 2 aromatic rings. The lowest BCUT2D eigenvalue weighted by Crippen LogP contribution is -2.05. The van der Waals surface area contributed by atoms with Gasteiger partial charge in [-0.15, -0.1) is 0 Å². The molecule has 0 atom stereocenters. The molecule has 0 aliphatic carbocycles. The zero-order valence-electron chi connectivity index (χ0n) is 11.3. The third-order valence-corrected chi connectivity index (χ3v) is 2.51. The third kappa shape index (κ3) is 3.22. The monoisotopic (exact) mass is 280 g/mol. The fourth-order valence-electron chi connectivity index (χ4n) is 1.60. The maximum Gasteiger partial charge on any atom is 0.319 e. The van der Waals surface area contributed by atoms with Crippen molar-refractivity contribution in [1.82, 2.24) is 19.7 Å². The molecule has 8 heteroatoms. The molecular weight excluding hydrogens is 264 g/mol.